The van der Waals surface area contributed by atoms with Gasteiger partial charge < -0.3 is 20.7 Å². The lowest BCUT2D eigenvalue weighted by Crippen LogP contribution is -2.31. The van der Waals surface area contributed by atoms with Crippen LogP contribution in [0.3, 0.4) is 0 Å². The number of pyridine rings is 2. The van der Waals surface area contributed by atoms with Gasteiger partial charge in [0, 0.05) is 37.1 Å². The molecule has 0 saturated carbocycles. The molecule has 1 saturated heterocycles. The molecule has 0 aliphatic carbocycles. The summed E-state index contributed by atoms with van der Waals surface area (Å²) in [6, 6.07) is 9.39. The predicted molar refractivity (Wildman–Crippen MR) is 143 cm³/mol. The van der Waals surface area contributed by atoms with E-state index in [0.717, 1.165) is 47.0 Å². The molecule has 192 valence electrons. The lowest BCUT2D eigenvalue weighted by Gasteiger charge is -2.22. The Labute approximate surface area is 217 Å². The molecule has 3 aromatic rings. The number of anilines is 1. The second-order valence-corrected chi connectivity index (χ2v) is 8.60. The lowest BCUT2D eigenvalue weighted by atomic mass is 9.96. The number of hydrogen-bond donors (Lipinski definition) is 4. The highest BCUT2D eigenvalue weighted by molar-refractivity contribution is 6.00. The quantitative estimate of drug-likeness (QED) is 0.353. The zero-order valence-corrected chi connectivity index (χ0v) is 21.2. The number of benzene rings is 1. The van der Waals surface area contributed by atoms with Crippen molar-refractivity contribution in [2.24, 2.45) is 5.92 Å². The van der Waals surface area contributed by atoms with Gasteiger partial charge in [0.15, 0.2) is 0 Å². The molecule has 0 spiro atoms. The van der Waals surface area contributed by atoms with Crippen molar-refractivity contribution in [3.05, 3.63) is 54.5 Å². The van der Waals surface area contributed by atoms with Gasteiger partial charge in [-0.2, -0.15) is 0 Å². The number of urea groups is 1. The molecular formula is C26H33ClN6O3. The molecule has 0 radical (unpaired) electrons. The number of ether oxygens (including phenoxy) is 1. The summed E-state index contributed by atoms with van der Waals surface area (Å²) in [6.07, 6.45) is 8.00. The van der Waals surface area contributed by atoms with Crippen LogP contribution in [-0.2, 0) is 11.3 Å². The third kappa shape index (κ3) is 7.29. The molecule has 1 aliphatic rings. The number of nitrogens with zero attached hydrogens (tertiary/aromatic N) is 2. The van der Waals surface area contributed by atoms with Gasteiger partial charge in [-0.05, 0) is 85.5 Å². The zero-order chi connectivity index (χ0) is 24.5. The number of amides is 3. The Morgan fingerprint density at radius 1 is 1.14 bits per heavy atom. The van der Waals surface area contributed by atoms with Crippen molar-refractivity contribution in [3.63, 3.8) is 0 Å². The number of rotatable bonds is 8. The van der Waals surface area contributed by atoms with Gasteiger partial charge in [-0.1, -0.05) is 12.1 Å². The van der Waals surface area contributed by atoms with E-state index in [9.17, 15) is 9.59 Å². The van der Waals surface area contributed by atoms with Gasteiger partial charge >= 0.3 is 12.1 Å². The molecule has 3 amide bonds. The summed E-state index contributed by atoms with van der Waals surface area (Å²) in [5, 5.41) is 13.5. The molecule has 4 N–H and O–H groups in total. The van der Waals surface area contributed by atoms with E-state index in [1.165, 1.54) is 12.8 Å². The first-order valence-electron chi connectivity index (χ1n) is 12.1. The van der Waals surface area contributed by atoms with Crippen LogP contribution in [0.4, 0.5) is 15.4 Å². The molecule has 4 rings (SSSR count). The summed E-state index contributed by atoms with van der Waals surface area (Å²) in [7, 11) is 0. The third-order valence-electron chi connectivity index (χ3n) is 6.14. The van der Waals surface area contributed by atoms with Crippen molar-refractivity contribution in [3.8, 4) is 11.1 Å². The first kappa shape index (κ1) is 27.2. The molecule has 1 fully saturated rings. The maximum Gasteiger partial charge on any atom is 0.407 e. The molecule has 10 heteroatoms. The maximum absolute atomic E-state index is 12.3. The average Bonchev–Trinajstić information content (AvgIpc) is 2.88. The van der Waals surface area contributed by atoms with Gasteiger partial charge in [-0.15, -0.1) is 12.4 Å². The molecule has 36 heavy (non-hydrogen) atoms. The number of carbonyl (C=O) groups excluding carboxylic acids is 2. The second-order valence-electron chi connectivity index (χ2n) is 8.60. The third-order valence-corrected chi connectivity index (χ3v) is 6.14. The number of fused-ring (bicyclic) bond motifs is 1. The van der Waals surface area contributed by atoms with E-state index in [4.69, 9.17) is 4.74 Å². The molecule has 9 nitrogen and oxygen atoms in total. The van der Waals surface area contributed by atoms with E-state index >= 15 is 0 Å². The number of halogens is 1. The lowest BCUT2D eigenvalue weighted by molar-refractivity contribution is 0.135. The van der Waals surface area contributed by atoms with E-state index < -0.39 is 6.09 Å². The average molecular weight is 513 g/mol. The van der Waals surface area contributed by atoms with Gasteiger partial charge in [0.2, 0.25) is 0 Å². The Balaban J connectivity index is 0.00000361. The first-order chi connectivity index (χ1) is 17.1. The van der Waals surface area contributed by atoms with Crippen LogP contribution in [0.1, 0.15) is 31.7 Å². The van der Waals surface area contributed by atoms with Crippen LogP contribution in [0.25, 0.3) is 21.9 Å². The van der Waals surface area contributed by atoms with Gasteiger partial charge in [0.1, 0.15) is 5.82 Å². The Kier molecular flexibility index (Phi) is 10.3. The molecule has 1 atom stereocenters. The number of aromatic nitrogens is 2. The van der Waals surface area contributed by atoms with Crippen molar-refractivity contribution in [1.82, 2.24) is 25.9 Å². The van der Waals surface area contributed by atoms with Crippen LogP contribution in [0.15, 0.2) is 48.9 Å². The fourth-order valence-corrected chi connectivity index (χ4v) is 4.33. The van der Waals surface area contributed by atoms with Crippen molar-refractivity contribution in [2.75, 3.05) is 31.6 Å². The number of hydrogen-bond acceptors (Lipinski definition) is 6. The monoisotopic (exact) mass is 512 g/mol. The predicted octanol–water partition coefficient (Wildman–Crippen LogP) is 4.48. The second kappa shape index (κ2) is 13.6. The molecule has 0 bridgehead atoms. The van der Waals surface area contributed by atoms with E-state index in [-0.39, 0.29) is 18.4 Å². The molecular weight excluding hydrogens is 480 g/mol. The van der Waals surface area contributed by atoms with E-state index in [1.807, 2.05) is 37.3 Å². The van der Waals surface area contributed by atoms with Crippen LogP contribution in [0.5, 0.6) is 0 Å². The van der Waals surface area contributed by atoms with Crippen LogP contribution < -0.4 is 21.3 Å². The Morgan fingerprint density at radius 3 is 2.72 bits per heavy atom. The van der Waals surface area contributed by atoms with Crippen LogP contribution in [0.2, 0.25) is 0 Å². The van der Waals surface area contributed by atoms with Gasteiger partial charge in [0.05, 0.1) is 6.61 Å². The Hall–Kier alpha value is -3.43. The fraction of sp³-hybridized carbons (Fsp3) is 0.385. The zero-order valence-electron chi connectivity index (χ0n) is 20.4. The van der Waals surface area contributed by atoms with Crippen molar-refractivity contribution in [1.29, 1.82) is 0 Å². The summed E-state index contributed by atoms with van der Waals surface area (Å²) in [4.78, 5) is 32.8. The molecule has 2 aromatic heterocycles. The number of nitrogens with one attached hydrogen (secondary N) is 4. The smallest absolute Gasteiger partial charge is 0.407 e. The minimum Gasteiger partial charge on any atom is -0.450 e. The SMILES string of the molecule is CCNC(=O)Nc1cc2c(-c3ccncc3)ccc(CNC(=O)OCC[C@H]3CCCNC3)c2cn1.Cl. The minimum absolute atomic E-state index is 0. The van der Waals surface area contributed by atoms with Crippen molar-refractivity contribution in [2.45, 2.75) is 32.7 Å². The van der Waals surface area contributed by atoms with E-state index in [2.05, 4.69) is 31.2 Å². The Morgan fingerprint density at radius 2 is 1.97 bits per heavy atom. The Bertz CT molecular complexity index is 1160. The summed E-state index contributed by atoms with van der Waals surface area (Å²) < 4.78 is 5.40. The standard InChI is InChI=1S/C26H32N6O3.ClH/c1-2-29-25(33)32-24-14-22-21(19-7-11-27-12-8-19)6-5-20(23(22)17-30-24)16-31-26(34)35-13-9-18-4-3-10-28-15-18;/h5-8,11-12,14,17-18,28H,2-4,9-10,13,15-16H2,1H3,(H,31,34)(H2,29,30,32,33);1H/t18-;/m1./s1. The van der Waals surface area contributed by atoms with Crippen LogP contribution in [0, 0.1) is 5.92 Å². The molecule has 1 aliphatic heterocycles. The highest BCUT2D eigenvalue weighted by atomic mass is 35.5. The van der Waals surface area contributed by atoms with Crippen molar-refractivity contribution >= 4 is 41.1 Å². The number of piperidine rings is 1. The topological polar surface area (TPSA) is 117 Å². The number of carbonyl (C=O) groups is 2. The van der Waals surface area contributed by atoms with Crippen LogP contribution in [-0.4, -0.2) is 48.3 Å². The van der Waals surface area contributed by atoms with Gasteiger partial charge in [-0.3, -0.25) is 10.3 Å². The normalized spacial score (nSPS) is 15.0. The first-order valence-corrected chi connectivity index (χ1v) is 12.1. The summed E-state index contributed by atoms with van der Waals surface area (Å²) >= 11 is 0. The summed E-state index contributed by atoms with van der Waals surface area (Å²) in [5.74, 6) is 1.01. The molecule has 3 heterocycles. The van der Waals surface area contributed by atoms with E-state index in [0.29, 0.717) is 31.4 Å². The highest BCUT2D eigenvalue weighted by Crippen LogP contribution is 2.31. The molecule has 0 unspecified atom stereocenters. The van der Waals surface area contributed by atoms with Crippen LogP contribution >= 0.6 is 12.4 Å². The summed E-state index contributed by atoms with van der Waals surface area (Å²) in [5.41, 5.74) is 2.88. The molecule has 1 aromatic carbocycles. The van der Waals surface area contributed by atoms with Crippen molar-refractivity contribution < 1.29 is 14.3 Å². The minimum atomic E-state index is -0.428. The maximum atomic E-state index is 12.3. The largest absolute Gasteiger partial charge is 0.450 e. The number of alkyl carbamates (subject to hydrolysis) is 1. The highest BCUT2D eigenvalue weighted by Gasteiger charge is 2.15. The van der Waals surface area contributed by atoms with E-state index in [1.54, 1.807) is 18.6 Å². The summed E-state index contributed by atoms with van der Waals surface area (Å²) in [6.45, 7) is 5.16. The van der Waals surface area contributed by atoms with Gasteiger partial charge in [-0.25, -0.2) is 14.6 Å². The van der Waals surface area contributed by atoms with Gasteiger partial charge in [0.25, 0.3) is 0 Å². The fourth-order valence-electron chi connectivity index (χ4n) is 4.33.